The molecule has 0 amide bonds. The van der Waals surface area contributed by atoms with Crippen molar-refractivity contribution in [2.75, 3.05) is 5.32 Å². The fraction of sp³-hybridized carbons (Fsp3) is 0.0714. The summed E-state index contributed by atoms with van der Waals surface area (Å²) in [5.74, 6) is -3.98. The van der Waals surface area contributed by atoms with Crippen LogP contribution < -0.4 is 5.32 Å². The molecule has 1 N–H and O–H groups in total. The first-order chi connectivity index (χ1) is 9.11. The van der Waals surface area contributed by atoms with Crippen LogP contribution in [0.4, 0.5) is 18.9 Å². The van der Waals surface area contributed by atoms with E-state index in [2.05, 4.69) is 5.32 Å². The molecule has 0 spiro atoms. The van der Waals surface area contributed by atoms with Crippen LogP contribution in [0.2, 0.25) is 0 Å². The summed E-state index contributed by atoms with van der Waals surface area (Å²) in [6, 6.07) is 10.7. The number of hydrogen-bond acceptors (Lipinski definition) is 2. The molecular formula is C14H9F3N2. The van der Waals surface area contributed by atoms with Crippen LogP contribution in [0.1, 0.15) is 11.1 Å². The number of nitrogens with one attached hydrogen (secondary N) is 1. The Labute approximate surface area is 108 Å². The first-order valence-corrected chi connectivity index (χ1v) is 5.48. The third-order valence-corrected chi connectivity index (χ3v) is 2.57. The lowest BCUT2D eigenvalue weighted by Crippen LogP contribution is -2.04. The van der Waals surface area contributed by atoms with Crippen LogP contribution in [0.25, 0.3) is 0 Å². The fourth-order valence-corrected chi connectivity index (χ4v) is 1.61. The molecule has 2 aromatic carbocycles. The topological polar surface area (TPSA) is 35.8 Å². The van der Waals surface area contributed by atoms with E-state index in [0.717, 1.165) is 17.7 Å². The maximum absolute atomic E-state index is 13.4. The molecule has 96 valence electrons. The lowest BCUT2D eigenvalue weighted by molar-refractivity contribution is 0.449. The number of rotatable bonds is 3. The molecule has 19 heavy (non-hydrogen) atoms. The van der Waals surface area contributed by atoms with Crippen LogP contribution in [-0.2, 0) is 6.54 Å². The minimum Gasteiger partial charge on any atom is -0.379 e. The molecule has 0 atom stereocenters. The SMILES string of the molecule is N#Cc1cccc(CNc2ccc(F)c(F)c2F)c1. The van der Waals surface area contributed by atoms with Crippen LogP contribution in [0.5, 0.6) is 0 Å². The van der Waals surface area contributed by atoms with Gasteiger partial charge < -0.3 is 5.32 Å². The molecule has 0 bridgehead atoms. The molecule has 0 aromatic heterocycles. The second-order valence-electron chi connectivity index (χ2n) is 3.89. The van der Waals surface area contributed by atoms with Crippen LogP contribution in [0, 0.1) is 28.8 Å². The summed E-state index contributed by atoms with van der Waals surface area (Å²) in [6.45, 7) is 0.206. The van der Waals surface area contributed by atoms with Gasteiger partial charge in [-0.3, -0.25) is 0 Å². The van der Waals surface area contributed by atoms with E-state index in [1.807, 2.05) is 6.07 Å². The molecule has 0 radical (unpaired) electrons. The highest BCUT2D eigenvalue weighted by molar-refractivity contribution is 5.46. The van der Waals surface area contributed by atoms with Crippen LogP contribution >= 0.6 is 0 Å². The monoisotopic (exact) mass is 262 g/mol. The molecule has 2 rings (SSSR count). The fourth-order valence-electron chi connectivity index (χ4n) is 1.61. The van der Waals surface area contributed by atoms with Crippen molar-refractivity contribution in [1.29, 1.82) is 5.26 Å². The molecule has 0 heterocycles. The summed E-state index contributed by atoms with van der Waals surface area (Å²) in [5, 5.41) is 11.4. The summed E-state index contributed by atoms with van der Waals surface area (Å²) >= 11 is 0. The van der Waals surface area contributed by atoms with Crippen molar-refractivity contribution in [3.8, 4) is 6.07 Å². The van der Waals surface area contributed by atoms with Gasteiger partial charge in [-0.05, 0) is 29.8 Å². The second-order valence-corrected chi connectivity index (χ2v) is 3.89. The molecule has 0 aliphatic carbocycles. The Kier molecular flexibility index (Phi) is 3.71. The number of nitrogens with zero attached hydrogens (tertiary/aromatic N) is 1. The smallest absolute Gasteiger partial charge is 0.196 e. The van der Waals surface area contributed by atoms with Crippen LogP contribution in [0.15, 0.2) is 36.4 Å². The first-order valence-electron chi connectivity index (χ1n) is 5.48. The van der Waals surface area contributed by atoms with Crippen molar-refractivity contribution >= 4 is 5.69 Å². The molecule has 0 saturated heterocycles. The number of halogens is 3. The molecule has 2 aromatic rings. The van der Waals surface area contributed by atoms with Gasteiger partial charge in [0.05, 0.1) is 17.3 Å². The molecule has 0 unspecified atom stereocenters. The van der Waals surface area contributed by atoms with Gasteiger partial charge in [0.25, 0.3) is 0 Å². The average molecular weight is 262 g/mol. The minimum absolute atomic E-state index is 0.124. The predicted octanol–water partition coefficient (Wildman–Crippen LogP) is 3.59. The van der Waals surface area contributed by atoms with Crippen molar-refractivity contribution in [3.63, 3.8) is 0 Å². The first kappa shape index (κ1) is 13.0. The van der Waals surface area contributed by atoms with Crippen molar-refractivity contribution in [2.45, 2.75) is 6.54 Å². The zero-order valence-corrected chi connectivity index (χ0v) is 9.75. The minimum atomic E-state index is -1.50. The van der Waals surface area contributed by atoms with Crippen molar-refractivity contribution in [1.82, 2.24) is 0 Å². The van der Waals surface area contributed by atoms with Crippen molar-refractivity contribution in [2.24, 2.45) is 0 Å². The van der Waals surface area contributed by atoms with E-state index in [1.54, 1.807) is 24.3 Å². The van der Waals surface area contributed by atoms with Crippen LogP contribution in [0.3, 0.4) is 0 Å². The molecule has 5 heteroatoms. The normalized spacial score (nSPS) is 10.0. The highest BCUT2D eigenvalue weighted by atomic mass is 19.2. The number of anilines is 1. The van der Waals surface area contributed by atoms with Crippen LogP contribution in [-0.4, -0.2) is 0 Å². The molecule has 0 aliphatic rings. The molecular weight excluding hydrogens is 253 g/mol. The van der Waals surface area contributed by atoms with Crippen molar-refractivity contribution in [3.05, 3.63) is 65.0 Å². The largest absolute Gasteiger partial charge is 0.379 e. The van der Waals surface area contributed by atoms with Gasteiger partial charge in [0.2, 0.25) is 0 Å². The second kappa shape index (κ2) is 5.44. The zero-order valence-electron chi connectivity index (χ0n) is 9.75. The summed E-state index contributed by atoms with van der Waals surface area (Å²) < 4.78 is 39.1. The van der Waals surface area contributed by atoms with E-state index in [0.29, 0.717) is 5.56 Å². The lowest BCUT2D eigenvalue weighted by Gasteiger charge is -2.08. The predicted molar refractivity (Wildman–Crippen MR) is 64.8 cm³/mol. The number of hydrogen-bond donors (Lipinski definition) is 1. The zero-order chi connectivity index (χ0) is 13.8. The summed E-state index contributed by atoms with van der Waals surface area (Å²) in [6.07, 6.45) is 0. The number of benzene rings is 2. The van der Waals surface area contributed by atoms with E-state index in [1.165, 1.54) is 0 Å². The van der Waals surface area contributed by atoms with Gasteiger partial charge in [0, 0.05) is 6.54 Å². The Morgan fingerprint density at radius 1 is 1.05 bits per heavy atom. The maximum Gasteiger partial charge on any atom is 0.196 e. The Morgan fingerprint density at radius 3 is 2.58 bits per heavy atom. The van der Waals surface area contributed by atoms with E-state index in [9.17, 15) is 13.2 Å². The third kappa shape index (κ3) is 2.86. The average Bonchev–Trinajstić information content (AvgIpc) is 2.44. The van der Waals surface area contributed by atoms with Gasteiger partial charge >= 0.3 is 0 Å². The Bertz CT molecular complexity index is 648. The van der Waals surface area contributed by atoms with Gasteiger partial charge in [-0.2, -0.15) is 5.26 Å². The third-order valence-electron chi connectivity index (χ3n) is 2.57. The quantitative estimate of drug-likeness (QED) is 0.858. The summed E-state index contributed by atoms with van der Waals surface area (Å²) in [7, 11) is 0. The van der Waals surface area contributed by atoms with Gasteiger partial charge in [-0.15, -0.1) is 0 Å². The summed E-state index contributed by atoms with van der Waals surface area (Å²) in [5.41, 5.74) is 1.09. The highest BCUT2D eigenvalue weighted by Gasteiger charge is 2.12. The van der Waals surface area contributed by atoms with E-state index < -0.39 is 17.5 Å². The van der Waals surface area contributed by atoms with Gasteiger partial charge in [0.1, 0.15) is 0 Å². The van der Waals surface area contributed by atoms with E-state index >= 15 is 0 Å². The number of nitriles is 1. The van der Waals surface area contributed by atoms with E-state index in [4.69, 9.17) is 5.26 Å². The van der Waals surface area contributed by atoms with Gasteiger partial charge in [0.15, 0.2) is 17.5 Å². The maximum atomic E-state index is 13.4. The molecule has 0 saturated carbocycles. The Balaban J connectivity index is 2.15. The summed E-state index contributed by atoms with van der Waals surface area (Å²) in [4.78, 5) is 0. The van der Waals surface area contributed by atoms with Gasteiger partial charge in [-0.1, -0.05) is 12.1 Å². The molecule has 2 nitrogen and oxygen atoms in total. The standard InChI is InChI=1S/C14H9F3N2/c15-11-4-5-12(14(17)13(11)16)19-8-10-3-1-2-9(6-10)7-18/h1-6,19H,8H2. The highest BCUT2D eigenvalue weighted by Crippen LogP contribution is 2.20. The lowest BCUT2D eigenvalue weighted by atomic mass is 10.1. The van der Waals surface area contributed by atoms with Crippen molar-refractivity contribution < 1.29 is 13.2 Å². The Morgan fingerprint density at radius 2 is 1.84 bits per heavy atom. The van der Waals surface area contributed by atoms with E-state index in [-0.39, 0.29) is 12.2 Å². The Hall–Kier alpha value is -2.48. The molecule has 0 aliphatic heterocycles. The molecule has 0 fully saturated rings. The van der Waals surface area contributed by atoms with Gasteiger partial charge in [-0.25, -0.2) is 13.2 Å².